The zero-order valence-electron chi connectivity index (χ0n) is 13.1. The van der Waals surface area contributed by atoms with Gasteiger partial charge in [-0.05, 0) is 36.5 Å². The van der Waals surface area contributed by atoms with Gasteiger partial charge in [-0.3, -0.25) is 0 Å². The van der Waals surface area contributed by atoms with Gasteiger partial charge in [0.1, 0.15) is 0 Å². The third-order valence-corrected chi connectivity index (χ3v) is 5.51. The first kappa shape index (κ1) is 14.3. The highest BCUT2D eigenvalue weighted by Gasteiger charge is 2.49. The largest absolute Gasteiger partial charge is 0.321 e. The molecule has 0 radical (unpaired) electrons. The van der Waals surface area contributed by atoms with Crippen LogP contribution in [-0.4, -0.2) is 0 Å². The van der Waals surface area contributed by atoms with Gasteiger partial charge in [0.15, 0.2) is 0 Å². The van der Waals surface area contributed by atoms with E-state index in [2.05, 4.69) is 68.4 Å². The van der Waals surface area contributed by atoms with Crippen LogP contribution < -0.4 is 5.73 Å². The van der Waals surface area contributed by atoms with Gasteiger partial charge in [-0.15, -0.1) is 0 Å². The normalized spacial score (nSPS) is 29.3. The van der Waals surface area contributed by atoms with Crippen molar-refractivity contribution in [3.8, 4) is 0 Å². The minimum absolute atomic E-state index is 0.00204. The molecule has 2 atom stereocenters. The number of hydrogen-bond acceptors (Lipinski definition) is 1. The Morgan fingerprint density at radius 3 is 2.19 bits per heavy atom. The van der Waals surface area contributed by atoms with Gasteiger partial charge < -0.3 is 5.73 Å². The van der Waals surface area contributed by atoms with Crippen molar-refractivity contribution in [2.24, 2.45) is 5.73 Å². The predicted molar refractivity (Wildman–Crippen MR) is 89.3 cm³/mol. The van der Waals surface area contributed by atoms with Gasteiger partial charge in [-0.2, -0.15) is 0 Å². The third-order valence-electron chi connectivity index (χ3n) is 5.51. The summed E-state index contributed by atoms with van der Waals surface area (Å²) in [6.07, 6.45) is 4.69. The van der Waals surface area contributed by atoms with Crippen LogP contribution in [0.1, 0.15) is 49.3 Å². The fraction of sp³-hybridized carbons (Fsp3) is 0.400. The summed E-state index contributed by atoms with van der Waals surface area (Å²) in [5, 5.41) is 0. The summed E-state index contributed by atoms with van der Waals surface area (Å²) in [6.45, 7) is 4.57. The third kappa shape index (κ3) is 2.20. The van der Waals surface area contributed by atoms with Gasteiger partial charge in [-0.25, -0.2) is 0 Å². The number of hydrogen-bond donors (Lipinski definition) is 1. The van der Waals surface area contributed by atoms with Crippen LogP contribution >= 0.6 is 0 Å². The van der Waals surface area contributed by atoms with E-state index in [0.717, 1.165) is 12.8 Å². The Morgan fingerprint density at radius 2 is 1.48 bits per heavy atom. The van der Waals surface area contributed by atoms with Crippen molar-refractivity contribution >= 4 is 0 Å². The molecule has 0 amide bonds. The average molecular weight is 279 g/mol. The number of benzene rings is 2. The van der Waals surface area contributed by atoms with E-state index in [4.69, 9.17) is 5.73 Å². The Balaban J connectivity index is 2.16. The average Bonchev–Trinajstić information content (AvgIpc) is 2.52. The molecule has 1 fully saturated rings. The van der Waals surface area contributed by atoms with E-state index in [-0.39, 0.29) is 11.0 Å². The smallest absolute Gasteiger partial charge is 0.0504 e. The van der Waals surface area contributed by atoms with Crippen LogP contribution in [-0.2, 0) is 11.0 Å². The lowest BCUT2D eigenvalue weighted by molar-refractivity contribution is 0.157. The van der Waals surface area contributed by atoms with Crippen molar-refractivity contribution < 1.29 is 0 Å². The molecule has 0 aromatic heterocycles. The molecule has 0 spiro atoms. The maximum absolute atomic E-state index is 7.06. The van der Waals surface area contributed by atoms with Gasteiger partial charge in [0.2, 0.25) is 0 Å². The van der Waals surface area contributed by atoms with Gasteiger partial charge in [0.05, 0.1) is 5.54 Å². The highest BCUT2D eigenvalue weighted by atomic mass is 14.8. The molecule has 2 N–H and O–H groups in total. The van der Waals surface area contributed by atoms with Crippen LogP contribution in [0.15, 0.2) is 54.6 Å². The van der Waals surface area contributed by atoms with Crippen molar-refractivity contribution in [1.29, 1.82) is 0 Å². The minimum atomic E-state index is -0.279. The van der Waals surface area contributed by atoms with E-state index in [1.807, 2.05) is 0 Å². The monoisotopic (exact) mass is 279 g/mol. The molecular weight excluding hydrogens is 254 g/mol. The lowest BCUT2D eigenvalue weighted by atomic mass is 9.56. The van der Waals surface area contributed by atoms with Crippen LogP contribution in [0.4, 0.5) is 0 Å². The van der Waals surface area contributed by atoms with Crippen molar-refractivity contribution in [3.05, 3.63) is 71.3 Å². The van der Waals surface area contributed by atoms with Crippen molar-refractivity contribution in [2.75, 3.05) is 0 Å². The first-order chi connectivity index (χ1) is 10.1. The van der Waals surface area contributed by atoms with Crippen LogP contribution in [0, 0.1) is 6.92 Å². The first-order valence-electron chi connectivity index (χ1n) is 7.98. The van der Waals surface area contributed by atoms with Crippen LogP contribution in [0.2, 0.25) is 0 Å². The summed E-state index contributed by atoms with van der Waals surface area (Å²) in [4.78, 5) is 0. The van der Waals surface area contributed by atoms with E-state index in [9.17, 15) is 0 Å². The van der Waals surface area contributed by atoms with Crippen molar-refractivity contribution in [2.45, 2.75) is 50.5 Å². The Kier molecular flexibility index (Phi) is 3.62. The van der Waals surface area contributed by atoms with E-state index in [1.165, 1.54) is 29.5 Å². The molecule has 0 aliphatic heterocycles. The molecule has 0 bridgehead atoms. The number of rotatable bonds is 2. The maximum Gasteiger partial charge on any atom is 0.0504 e. The summed E-state index contributed by atoms with van der Waals surface area (Å²) >= 11 is 0. The second-order valence-corrected chi connectivity index (χ2v) is 6.69. The van der Waals surface area contributed by atoms with Crippen molar-refractivity contribution in [1.82, 2.24) is 0 Å². The lowest BCUT2D eigenvalue weighted by Crippen LogP contribution is -2.56. The van der Waals surface area contributed by atoms with E-state index >= 15 is 0 Å². The second kappa shape index (κ2) is 5.31. The topological polar surface area (TPSA) is 26.0 Å². The summed E-state index contributed by atoms with van der Waals surface area (Å²) in [7, 11) is 0. The molecule has 2 aromatic carbocycles. The first-order valence-corrected chi connectivity index (χ1v) is 7.98. The molecule has 21 heavy (non-hydrogen) atoms. The van der Waals surface area contributed by atoms with Crippen LogP contribution in [0.5, 0.6) is 0 Å². The molecule has 2 aromatic rings. The zero-order chi connectivity index (χ0) is 14.9. The molecule has 0 heterocycles. The van der Waals surface area contributed by atoms with Gasteiger partial charge in [-0.1, -0.05) is 74.4 Å². The Hall–Kier alpha value is -1.60. The zero-order valence-corrected chi connectivity index (χ0v) is 13.1. The summed E-state index contributed by atoms with van der Waals surface area (Å²) in [5.41, 5.74) is 10.8. The van der Waals surface area contributed by atoms with Crippen molar-refractivity contribution in [3.63, 3.8) is 0 Å². The quantitative estimate of drug-likeness (QED) is 0.848. The fourth-order valence-corrected chi connectivity index (χ4v) is 4.15. The van der Waals surface area contributed by atoms with Gasteiger partial charge >= 0.3 is 0 Å². The lowest BCUT2D eigenvalue weighted by Gasteiger charge is -2.51. The predicted octanol–water partition coefficient (Wildman–Crippen LogP) is 4.68. The standard InChI is InChI=1S/C20H25N/c1-16-10-6-7-13-18(16)19(2)14-8-9-15-20(19,21)17-11-4-3-5-12-17/h3-7,10-13H,8-9,14-15,21H2,1-2H3/t19-,20+/m0/s1. The second-order valence-electron chi connectivity index (χ2n) is 6.69. The maximum atomic E-state index is 7.06. The summed E-state index contributed by atoms with van der Waals surface area (Å²) in [5.74, 6) is 0. The molecule has 3 rings (SSSR count). The number of nitrogens with two attached hydrogens (primary N) is 1. The van der Waals surface area contributed by atoms with Crippen LogP contribution in [0.25, 0.3) is 0 Å². The summed E-state index contributed by atoms with van der Waals surface area (Å²) < 4.78 is 0. The highest BCUT2D eigenvalue weighted by molar-refractivity contribution is 5.41. The Morgan fingerprint density at radius 1 is 0.857 bits per heavy atom. The van der Waals surface area contributed by atoms with Crippen LogP contribution in [0.3, 0.4) is 0 Å². The molecule has 0 unspecified atom stereocenters. The van der Waals surface area contributed by atoms with Gasteiger partial charge in [0.25, 0.3) is 0 Å². The molecular formula is C20H25N. The summed E-state index contributed by atoms with van der Waals surface area (Å²) in [6, 6.07) is 19.4. The van der Waals surface area contributed by atoms with Gasteiger partial charge in [0, 0.05) is 5.41 Å². The number of aryl methyl sites for hydroxylation is 1. The molecule has 1 aliphatic rings. The molecule has 1 nitrogen and oxygen atoms in total. The SMILES string of the molecule is Cc1ccccc1[C@]1(C)CCCC[C@@]1(N)c1ccccc1. The highest BCUT2D eigenvalue weighted by Crippen LogP contribution is 2.51. The van der Waals surface area contributed by atoms with E-state index in [0.29, 0.717) is 0 Å². The fourth-order valence-electron chi connectivity index (χ4n) is 4.15. The van der Waals surface area contributed by atoms with E-state index < -0.39 is 0 Å². The molecule has 110 valence electrons. The molecule has 0 saturated heterocycles. The Bertz CT molecular complexity index is 619. The minimum Gasteiger partial charge on any atom is -0.321 e. The molecule has 1 saturated carbocycles. The Labute approximate surface area is 128 Å². The molecule has 1 aliphatic carbocycles. The molecule has 1 heteroatoms. The van der Waals surface area contributed by atoms with E-state index in [1.54, 1.807) is 0 Å².